The van der Waals surface area contributed by atoms with Gasteiger partial charge in [0, 0.05) is 18.4 Å². The minimum atomic E-state index is 0.307. The molecule has 0 amide bonds. The Labute approximate surface area is 104 Å². The van der Waals surface area contributed by atoms with Gasteiger partial charge in [0.1, 0.15) is 0 Å². The van der Waals surface area contributed by atoms with E-state index in [1.54, 1.807) is 0 Å². The Morgan fingerprint density at radius 3 is 2.94 bits per heavy atom. The molecular weight excluding hydrogens is 236 g/mol. The number of H-pyrrole nitrogens is 1. The van der Waals surface area contributed by atoms with Crippen molar-refractivity contribution in [1.82, 2.24) is 9.55 Å². The van der Waals surface area contributed by atoms with Crippen molar-refractivity contribution < 1.29 is 9.47 Å². The van der Waals surface area contributed by atoms with Crippen molar-refractivity contribution in [2.45, 2.75) is 13.5 Å². The molecule has 4 nitrogen and oxygen atoms in total. The van der Waals surface area contributed by atoms with Crippen molar-refractivity contribution in [2.75, 3.05) is 6.79 Å². The van der Waals surface area contributed by atoms with Gasteiger partial charge in [0.2, 0.25) is 6.79 Å². The van der Waals surface area contributed by atoms with Crippen molar-refractivity contribution in [3.63, 3.8) is 0 Å². The van der Waals surface area contributed by atoms with Crippen molar-refractivity contribution >= 4 is 12.2 Å². The number of nitrogens with one attached hydrogen (secondary N) is 1. The van der Waals surface area contributed by atoms with Crippen LogP contribution in [0.25, 0.3) is 0 Å². The molecule has 0 spiro atoms. The van der Waals surface area contributed by atoms with E-state index in [1.807, 2.05) is 35.9 Å². The fourth-order valence-corrected chi connectivity index (χ4v) is 2.20. The van der Waals surface area contributed by atoms with Crippen LogP contribution in [0, 0.1) is 11.7 Å². The summed E-state index contributed by atoms with van der Waals surface area (Å²) in [7, 11) is 0. The molecule has 3 rings (SSSR count). The summed E-state index contributed by atoms with van der Waals surface area (Å²) in [6, 6.07) is 5.95. The number of aryl methyl sites for hydroxylation is 1. The molecule has 0 fully saturated rings. The van der Waals surface area contributed by atoms with Gasteiger partial charge in [0.25, 0.3) is 0 Å². The van der Waals surface area contributed by atoms with Crippen LogP contribution in [0.2, 0.25) is 0 Å². The van der Waals surface area contributed by atoms with Crippen molar-refractivity contribution in [1.29, 1.82) is 0 Å². The Morgan fingerprint density at radius 2 is 2.18 bits per heavy atom. The Kier molecular flexibility index (Phi) is 2.40. The largest absolute Gasteiger partial charge is 0.454 e. The minimum Gasteiger partial charge on any atom is -0.454 e. The summed E-state index contributed by atoms with van der Waals surface area (Å²) in [5.41, 5.74) is 2.21. The highest BCUT2D eigenvalue weighted by Crippen LogP contribution is 2.32. The molecule has 2 aromatic rings. The number of fused-ring (bicyclic) bond motifs is 1. The second kappa shape index (κ2) is 3.92. The summed E-state index contributed by atoms with van der Waals surface area (Å²) in [5.74, 6) is 1.61. The van der Waals surface area contributed by atoms with Crippen LogP contribution >= 0.6 is 12.2 Å². The Morgan fingerprint density at radius 1 is 1.35 bits per heavy atom. The lowest BCUT2D eigenvalue weighted by Gasteiger charge is -2.04. The summed E-state index contributed by atoms with van der Waals surface area (Å²) in [6.45, 7) is 3.03. The van der Waals surface area contributed by atoms with E-state index in [1.165, 1.54) is 0 Å². The number of aromatic nitrogens is 2. The van der Waals surface area contributed by atoms with Crippen LogP contribution in [-0.2, 0) is 6.54 Å². The monoisotopic (exact) mass is 248 g/mol. The molecule has 1 aromatic heterocycles. The Bertz CT molecular complexity index is 615. The van der Waals surface area contributed by atoms with Gasteiger partial charge in [-0.3, -0.25) is 0 Å². The summed E-state index contributed by atoms with van der Waals surface area (Å²) in [6.07, 6.45) is 2.01. The van der Waals surface area contributed by atoms with Gasteiger partial charge >= 0.3 is 0 Å². The Hall–Kier alpha value is -1.75. The third kappa shape index (κ3) is 1.93. The van der Waals surface area contributed by atoms with Gasteiger partial charge in [0.15, 0.2) is 16.3 Å². The number of ether oxygens (including phenoxy) is 2. The highest BCUT2D eigenvalue weighted by Gasteiger charge is 2.13. The lowest BCUT2D eigenvalue weighted by molar-refractivity contribution is 0.174. The number of aromatic amines is 1. The van der Waals surface area contributed by atoms with E-state index < -0.39 is 0 Å². The molecule has 88 valence electrons. The zero-order chi connectivity index (χ0) is 11.8. The Balaban J connectivity index is 1.91. The van der Waals surface area contributed by atoms with Gasteiger partial charge in [-0.1, -0.05) is 6.07 Å². The summed E-state index contributed by atoms with van der Waals surface area (Å²) < 4.78 is 13.4. The summed E-state index contributed by atoms with van der Waals surface area (Å²) in [5, 5.41) is 0. The van der Waals surface area contributed by atoms with E-state index in [2.05, 4.69) is 4.98 Å². The van der Waals surface area contributed by atoms with E-state index >= 15 is 0 Å². The highest BCUT2D eigenvalue weighted by molar-refractivity contribution is 7.71. The molecule has 1 N–H and O–H groups in total. The first kappa shape index (κ1) is 10.4. The van der Waals surface area contributed by atoms with Crippen molar-refractivity contribution in [3.05, 3.63) is 40.4 Å². The quantitative estimate of drug-likeness (QED) is 0.830. The van der Waals surface area contributed by atoms with Gasteiger partial charge < -0.3 is 19.0 Å². The topological polar surface area (TPSA) is 39.2 Å². The van der Waals surface area contributed by atoms with Crippen LogP contribution in [0.4, 0.5) is 0 Å². The van der Waals surface area contributed by atoms with Crippen molar-refractivity contribution in [3.8, 4) is 11.5 Å². The summed E-state index contributed by atoms with van der Waals surface area (Å²) >= 11 is 5.22. The molecule has 5 heteroatoms. The van der Waals surface area contributed by atoms with Gasteiger partial charge in [-0.05, 0) is 36.8 Å². The van der Waals surface area contributed by atoms with E-state index in [0.717, 1.165) is 34.1 Å². The number of hydrogen-bond donors (Lipinski definition) is 1. The predicted octanol–water partition coefficient (Wildman–Crippen LogP) is 2.63. The molecule has 1 aromatic carbocycles. The predicted molar refractivity (Wildman–Crippen MR) is 66.0 cm³/mol. The SMILES string of the molecule is Cc1cn(Cc2ccc3c(c2)OCO3)c(=S)[nH]1. The average Bonchev–Trinajstić information content (AvgIpc) is 2.85. The normalized spacial score (nSPS) is 13.0. The molecule has 1 aliphatic heterocycles. The summed E-state index contributed by atoms with van der Waals surface area (Å²) in [4.78, 5) is 3.10. The van der Waals surface area contributed by atoms with Gasteiger partial charge in [-0.25, -0.2) is 0 Å². The molecule has 0 saturated heterocycles. The lowest BCUT2D eigenvalue weighted by Crippen LogP contribution is -1.98. The van der Waals surface area contributed by atoms with Crippen LogP contribution in [0.15, 0.2) is 24.4 Å². The number of hydrogen-bond acceptors (Lipinski definition) is 3. The molecule has 0 radical (unpaired) electrons. The molecule has 0 unspecified atom stereocenters. The maximum atomic E-state index is 5.35. The third-order valence-electron chi connectivity index (χ3n) is 2.70. The fraction of sp³-hybridized carbons (Fsp3) is 0.250. The molecule has 2 heterocycles. The molecule has 1 aliphatic rings. The van der Waals surface area contributed by atoms with Crippen LogP contribution in [-0.4, -0.2) is 16.3 Å². The number of nitrogens with zero attached hydrogens (tertiary/aromatic N) is 1. The van der Waals surface area contributed by atoms with E-state index in [9.17, 15) is 0 Å². The molecule has 0 atom stereocenters. The van der Waals surface area contributed by atoms with Gasteiger partial charge in [-0.15, -0.1) is 0 Å². The number of benzene rings is 1. The molecule has 0 saturated carbocycles. The molecule has 0 aliphatic carbocycles. The first-order valence-electron chi connectivity index (χ1n) is 5.37. The fourth-order valence-electron chi connectivity index (χ4n) is 1.92. The van der Waals surface area contributed by atoms with E-state index in [0.29, 0.717) is 6.79 Å². The minimum absolute atomic E-state index is 0.307. The van der Waals surface area contributed by atoms with E-state index in [-0.39, 0.29) is 0 Å². The molecule has 0 bridgehead atoms. The number of rotatable bonds is 2. The van der Waals surface area contributed by atoms with Crippen LogP contribution in [0.3, 0.4) is 0 Å². The van der Waals surface area contributed by atoms with Crippen LogP contribution in [0.5, 0.6) is 11.5 Å². The molecular formula is C12H12N2O2S. The third-order valence-corrected chi connectivity index (χ3v) is 3.04. The maximum absolute atomic E-state index is 5.35. The zero-order valence-corrected chi connectivity index (χ0v) is 10.2. The standard InChI is InChI=1S/C12H12N2O2S/c1-8-5-14(12(17)13-8)6-9-2-3-10-11(4-9)16-7-15-10/h2-5H,6-7H2,1H3,(H,13,17). The first-order valence-corrected chi connectivity index (χ1v) is 5.78. The second-order valence-corrected chi connectivity index (χ2v) is 4.44. The highest BCUT2D eigenvalue weighted by atomic mass is 32.1. The zero-order valence-electron chi connectivity index (χ0n) is 9.40. The van der Waals surface area contributed by atoms with Crippen LogP contribution in [0.1, 0.15) is 11.3 Å². The first-order chi connectivity index (χ1) is 8.22. The second-order valence-electron chi connectivity index (χ2n) is 4.06. The van der Waals surface area contributed by atoms with E-state index in [4.69, 9.17) is 21.7 Å². The van der Waals surface area contributed by atoms with Crippen LogP contribution < -0.4 is 9.47 Å². The lowest BCUT2D eigenvalue weighted by atomic mass is 10.2. The van der Waals surface area contributed by atoms with Gasteiger partial charge in [0.05, 0.1) is 0 Å². The smallest absolute Gasteiger partial charge is 0.231 e. The number of imidazole rings is 1. The maximum Gasteiger partial charge on any atom is 0.231 e. The molecule has 17 heavy (non-hydrogen) atoms. The van der Waals surface area contributed by atoms with Crippen molar-refractivity contribution in [2.24, 2.45) is 0 Å². The average molecular weight is 248 g/mol. The van der Waals surface area contributed by atoms with Gasteiger partial charge in [-0.2, -0.15) is 0 Å².